The minimum absolute atomic E-state index is 0.0312. The summed E-state index contributed by atoms with van der Waals surface area (Å²) in [6.45, 7) is 0. The lowest BCUT2D eigenvalue weighted by Gasteiger charge is -2.11. The maximum atomic E-state index is 11.2. The highest BCUT2D eigenvalue weighted by molar-refractivity contribution is 5.92. The number of rotatable bonds is 5. The number of benzene rings is 1. The van der Waals surface area contributed by atoms with Gasteiger partial charge in [0.1, 0.15) is 5.56 Å². The second kappa shape index (κ2) is 5.87. The van der Waals surface area contributed by atoms with E-state index in [0.29, 0.717) is 5.88 Å². The highest BCUT2D eigenvalue weighted by atomic mass is 16.5. The van der Waals surface area contributed by atoms with Gasteiger partial charge in [-0.15, -0.1) is 0 Å². The first-order valence-corrected chi connectivity index (χ1v) is 5.61. The van der Waals surface area contributed by atoms with Crippen LogP contribution in [0.1, 0.15) is 10.4 Å². The third-order valence-corrected chi connectivity index (χ3v) is 2.44. The molecule has 1 N–H and O–H groups in total. The average molecular weight is 276 g/mol. The first kappa shape index (κ1) is 13.6. The molecule has 1 heterocycles. The summed E-state index contributed by atoms with van der Waals surface area (Å²) in [6, 6.07) is 6.06. The number of para-hydroxylation sites is 1. The lowest BCUT2D eigenvalue weighted by atomic mass is 10.2. The molecule has 7 nitrogen and oxygen atoms in total. The van der Waals surface area contributed by atoms with Crippen LogP contribution >= 0.6 is 0 Å². The van der Waals surface area contributed by atoms with E-state index in [1.54, 1.807) is 18.2 Å². The van der Waals surface area contributed by atoms with Crippen molar-refractivity contribution in [3.05, 3.63) is 36.0 Å². The van der Waals surface area contributed by atoms with Crippen LogP contribution in [0.3, 0.4) is 0 Å². The fourth-order valence-electron chi connectivity index (χ4n) is 1.53. The van der Waals surface area contributed by atoms with Crippen molar-refractivity contribution < 1.29 is 24.1 Å². The highest BCUT2D eigenvalue weighted by Crippen LogP contribution is 2.34. The number of methoxy groups -OCH3 is 2. The number of hydrogen-bond donors (Lipinski definition) is 1. The van der Waals surface area contributed by atoms with Crippen molar-refractivity contribution in [2.24, 2.45) is 0 Å². The van der Waals surface area contributed by atoms with Crippen molar-refractivity contribution in [1.82, 2.24) is 9.97 Å². The molecule has 0 unspecified atom stereocenters. The Morgan fingerprint density at radius 2 is 2.00 bits per heavy atom. The van der Waals surface area contributed by atoms with E-state index in [-0.39, 0.29) is 23.1 Å². The molecule has 1 aromatic heterocycles. The van der Waals surface area contributed by atoms with Gasteiger partial charge in [0.05, 0.1) is 14.2 Å². The van der Waals surface area contributed by atoms with E-state index >= 15 is 0 Å². The Balaban J connectivity index is 2.43. The molecule has 0 spiro atoms. The SMILES string of the molecule is COc1ccnc(Oc2c(OC)cccc2C(=O)O)n1. The van der Waals surface area contributed by atoms with Gasteiger partial charge in [-0.1, -0.05) is 6.07 Å². The molecular formula is C13H12N2O5. The van der Waals surface area contributed by atoms with Crippen molar-refractivity contribution in [3.63, 3.8) is 0 Å². The molecule has 7 heteroatoms. The normalized spacial score (nSPS) is 9.90. The zero-order valence-corrected chi connectivity index (χ0v) is 10.9. The predicted octanol–water partition coefficient (Wildman–Crippen LogP) is 1.98. The third kappa shape index (κ3) is 2.77. The van der Waals surface area contributed by atoms with Gasteiger partial charge < -0.3 is 19.3 Å². The molecule has 104 valence electrons. The molecule has 2 rings (SSSR count). The van der Waals surface area contributed by atoms with Gasteiger partial charge in [0.15, 0.2) is 11.5 Å². The molecule has 0 fully saturated rings. The van der Waals surface area contributed by atoms with E-state index in [4.69, 9.17) is 19.3 Å². The van der Waals surface area contributed by atoms with E-state index in [1.165, 1.54) is 26.5 Å². The largest absolute Gasteiger partial charge is 0.493 e. The van der Waals surface area contributed by atoms with E-state index in [9.17, 15) is 4.79 Å². The van der Waals surface area contributed by atoms with Crippen LogP contribution in [-0.4, -0.2) is 35.3 Å². The summed E-state index contributed by atoms with van der Waals surface area (Å²) in [5.41, 5.74) is -0.0456. The summed E-state index contributed by atoms with van der Waals surface area (Å²) >= 11 is 0. The molecule has 0 amide bonds. The Morgan fingerprint density at radius 3 is 2.65 bits per heavy atom. The molecule has 0 saturated carbocycles. The van der Waals surface area contributed by atoms with Crippen molar-refractivity contribution in [1.29, 1.82) is 0 Å². The van der Waals surface area contributed by atoms with Gasteiger partial charge in [-0.3, -0.25) is 0 Å². The minimum atomic E-state index is -1.14. The molecule has 20 heavy (non-hydrogen) atoms. The summed E-state index contributed by atoms with van der Waals surface area (Å²) in [5.74, 6) is -0.518. The second-order valence-corrected chi connectivity index (χ2v) is 3.63. The Morgan fingerprint density at radius 1 is 1.20 bits per heavy atom. The zero-order valence-electron chi connectivity index (χ0n) is 10.9. The number of ether oxygens (including phenoxy) is 3. The van der Waals surface area contributed by atoms with Gasteiger partial charge >= 0.3 is 12.0 Å². The molecule has 0 radical (unpaired) electrons. The number of aromatic nitrogens is 2. The van der Waals surface area contributed by atoms with Crippen LogP contribution in [0, 0.1) is 0 Å². The molecule has 0 atom stereocenters. The number of hydrogen-bond acceptors (Lipinski definition) is 6. The van der Waals surface area contributed by atoms with Crippen molar-refractivity contribution in [2.45, 2.75) is 0 Å². The van der Waals surface area contributed by atoms with Crippen molar-refractivity contribution in [2.75, 3.05) is 14.2 Å². The molecule has 1 aromatic carbocycles. The molecule has 0 bridgehead atoms. The van der Waals surface area contributed by atoms with Crippen LogP contribution in [0.2, 0.25) is 0 Å². The molecular weight excluding hydrogens is 264 g/mol. The minimum Gasteiger partial charge on any atom is -0.493 e. The quantitative estimate of drug-likeness (QED) is 0.892. The number of aromatic carboxylic acids is 1. The second-order valence-electron chi connectivity index (χ2n) is 3.63. The van der Waals surface area contributed by atoms with Crippen LogP contribution in [0.4, 0.5) is 0 Å². The van der Waals surface area contributed by atoms with Gasteiger partial charge in [0.25, 0.3) is 0 Å². The van der Waals surface area contributed by atoms with E-state index in [1.807, 2.05) is 0 Å². The van der Waals surface area contributed by atoms with Crippen LogP contribution in [-0.2, 0) is 0 Å². The Labute approximate surface area is 114 Å². The first-order valence-electron chi connectivity index (χ1n) is 5.61. The summed E-state index contributed by atoms with van der Waals surface area (Å²) < 4.78 is 15.5. The third-order valence-electron chi connectivity index (χ3n) is 2.44. The number of carboxylic acid groups (broad SMARTS) is 1. The van der Waals surface area contributed by atoms with Crippen molar-refractivity contribution >= 4 is 5.97 Å². The van der Waals surface area contributed by atoms with Gasteiger partial charge in [0, 0.05) is 12.3 Å². The zero-order chi connectivity index (χ0) is 14.5. The maximum Gasteiger partial charge on any atom is 0.339 e. The molecule has 0 aliphatic rings. The molecule has 0 aliphatic heterocycles. The van der Waals surface area contributed by atoms with Gasteiger partial charge in [0.2, 0.25) is 5.88 Å². The van der Waals surface area contributed by atoms with Crippen LogP contribution in [0.5, 0.6) is 23.4 Å². The summed E-state index contributed by atoms with van der Waals surface area (Å²) in [6.07, 6.45) is 1.44. The summed E-state index contributed by atoms with van der Waals surface area (Å²) in [4.78, 5) is 19.1. The average Bonchev–Trinajstić information content (AvgIpc) is 2.47. The van der Waals surface area contributed by atoms with E-state index in [2.05, 4.69) is 9.97 Å². The Kier molecular flexibility index (Phi) is 3.99. The van der Waals surface area contributed by atoms with Crippen molar-refractivity contribution in [3.8, 4) is 23.4 Å². The van der Waals surface area contributed by atoms with E-state index in [0.717, 1.165) is 0 Å². The Bertz CT molecular complexity index is 630. The number of carbonyl (C=O) groups is 1. The monoisotopic (exact) mass is 276 g/mol. The molecule has 2 aromatic rings. The molecule has 0 aliphatic carbocycles. The molecule has 0 saturated heterocycles. The fourth-order valence-corrected chi connectivity index (χ4v) is 1.53. The van der Waals surface area contributed by atoms with Crippen LogP contribution in [0.25, 0.3) is 0 Å². The summed E-state index contributed by atoms with van der Waals surface area (Å²) in [7, 11) is 2.87. The fraction of sp³-hybridized carbons (Fsp3) is 0.154. The number of carboxylic acids is 1. The van der Waals surface area contributed by atoms with Gasteiger partial charge in [-0.25, -0.2) is 9.78 Å². The van der Waals surface area contributed by atoms with Crippen LogP contribution in [0.15, 0.2) is 30.5 Å². The Hall–Kier alpha value is -2.83. The van der Waals surface area contributed by atoms with Gasteiger partial charge in [-0.05, 0) is 12.1 Å². The lowest BCUT2D eigenvalue weighted by molar-refractivity contribution is 0.0693. The van der Waals surface area contributed by atoms with Gasteiger partial charge in [-0.2, -0.15) is 4.98 Å². The standard InChI is InChI=1S/C13H12N2O5/c1-18-9-5-3-4-8(12(16)17)11(9)20-13-14-7-6-10(15-13)19-2/h3-7H,1-2H3,(H,16,17). The maximum absolute atomic E-state index is 11.2. The predicted molar refractivity (Wildman–Crippen MR) is 68.6 cm³/mol. The lowest BCUT2D eigenvalue weighted by Crippen LogP contribution is -2.03. The smallest absolute Gasteiger partial charge is 0.339 e. The van der Waals surface area contributed by atoms with Crippen LogP contribution < -0.4 is 14.2 Å². The summed E-state index contributed by atoms with van der Waals surface area (Å²) in [5, 5.41) is 9.16. The number of nitrogens with zero attached hydrogens (tertiary/aromatic N) is 2. The highest BCUT2D eigenvalue weighted by Gasteiger charge is 2.18. The van der Waals surface area contributed by atoms with E-state index < -0.39 is 5.97 Å². The topological polar surface area (TPSA) is 90.8 Å². The first-order chi connectivity index (χ1) is 9.65.